The fourth-order valence-electron chi connectivity index (χ4n) is 4.89. The standard InChI is InChI=1S/C24H26N6O2S/c31-22(24-25-19-5-1-2-6-21(19)33-24)16-4-3-9-30(15-16)23-18-8-7-17(14-20(18)26-28-27-23)29-10-12-32-13-11-29/h1-2,5-8,14,16,22,31H,3-4,9-13,15H2/t16-,22-/m0/s1. The molecular weight excluding hydrogens is 436 g/mol. The average molecular weight is 463 g/mol. The number of aliphatic hydroxyl groups is 1. The van der Waals surface area contributed by atoms with Crippen LogP contribution in [0.5, 0.6) is 0 Å². The van der Waals surface area contributed by atoms with Gasteiger partial charge in [-0.2, -0.15) is 0 Å². The molecule has 0 amide bonds. The minimum Gasteiger partial charge on any atom is -0.386 e. The van der Waals surface area contributed by atoms with Crippen LogP contribution in [-0.2, 0) is 4.74 Å². The highest BCUT2D eigenvalue weighted by Crippen LogP contribution is 2.36. The summed E-state index contributed by atoms with van der Waals surface area (Å²) in [5.41, 5.74) is 2.93. The minimum atomic E-state index is -0.584. The van der Waals surface area contributed by atoms with Crippen molar-refractivity contribution in [3.8, 4) is 0 Å². The van der Waals surface area contributed by atoms with Gasteiger partial charge in [-0.25, -0.2) is 4.98 Å². The van der Waals surface area contributed by atoms with Crippen LogP contribution in [0, 0.1) is 5.92 Å². The maximum atomic E-state index is 11.2. The van der Waals surface area contributed by atoms with Crippen molar-refractivity contribution in [2.75, 3.05) is 49.2 Å². The Morgan fingerprint density at radius 3 is 2.76 bits per heavy atom. The summed E-state index contributed by atoms with van der Waals surface area (Å²) in [6.07, 6.45) is 1.37. The third-order valence-corrected chi connectivity index (χ3v) is 7.76. The molecule has 9 heteroatoms. The van der Waals surface area contributed by atoms with E-state index in [0.717, 1.165) is 89.9 Å². The highest BCUT2D eigenvalue weighted by atomic mass is 32.1. The van der Waals surface area contributed by atoms with E-state index in [1.165, 1.54) is 0 Å². The Morgan fingerprint density at radius 2 is 1.88 bits per heavy atom. The number of rotatable bonds is 4. The van der Waals surface area contributed by atoms with Crippen LogP contribution in [0.25, 0.3) is 21.1 Å². The van der Waals surface area contributed by atoms with E-state index < -0.39 is 6.10 Å². The lowest BCUT2D eigenvalue weighted by atomic mass is 9.92. The minimum absolute atomic E-state index is 0.0944. The zero-order chi connectivity index (χ0) is 22.2. The van der Waals surface area contributed by atoms with E-state index in [2.05, 4.69) is 54.5 Å². The first-order valence-electron chi connectivity index (χ1n) is 11.5. The monoisotopic (exact) mass is 462 g/mol. The number of piperidine rings is 1. The van der Waals surface area contributed by atoms with E-state index in [0.29, 0.717) is 0 Å². The number of ether oxygens (including phenoxy) is 1. The number of para-hydroxylation sites is 1. The second kappa shape index (κ2) is 8.81. The highest BCUT2D eigenvalue weighted by molar-refractivity contribution is 7.18. The second-order valence-corrected chi connectivity index (χ2v) is 9.79. The zero-order valence-corrected chi connectivity index (χ0v) is 19.1. The number of morpholine rings is 1. The van der Waals surface area contributed by atoms with Crippen molar-refractivity contribution in [2.45, 2.75) is 18.9 Å². The molecule has 1 N–H and O–H groups in total. The molecular formula is C24H26N6O2S. The smallest absolute Gasteiger partial charge is 0.162 e. The van der Waals surface area contributed by atoms with Gasteiger partial charge >= 0.3 is 0 Å². The average Bonchev–Trinajstić information content (AvgIpc) is 3.32. The molecule has 2 fully saturated rings. The fraction of sp³-hybridized carbons (Fsp3) is 0.417. The van der Waals surface area contributed by atoms with Crippen molar-refractivity contribution in [1.82, 2.24) is 20.4 Å². The van der Waals surface area contributed by atoms with Crippen molar-refractivity contribution in [3.63, 3.8) is 0 Å². The van der Waals surface area contributed by atoms with E-state index in [4.69, 9.17) is 4.74 Å². The highest BCUT2D eigenvalue weighted by Gasteiger charge is 2.30. The molecule has 0 spiro atoms. The molecule has 0 radical (unpaired) electrons. The molecule has 2 aromatic heterocycles. The summed E-state index contributed by atoms with van der Waals surface area (Å²) in [6.45, 7) is 4.87. The third kappa shape index (κ3) is 4.01. The van der Waals surface area contributed by atoms with Crippen molar-refractivity contribution in [3.05, 3.63) is 47.5 Å². The Hall–Kier alpha value is -2.88. The number of aromatic nitrogens is 4. The normalized spacial score (nSPS) is 20.5. The van der Waals surface area contributed by atoms with Crippen LogP contribution in [0.4, 0.5) is 11.5 Å². The number of thiazole rings is 1. The zero-order valence-electron chi connectivity index (χ0n) is 18.3. The van der Waals surface area contributed by atoms with Gasteiger partial charge in [-0.15, -0.1) is 21.5 Å². The predicted molar refractivity (Wildman–Crippen MR) is 130 cm³/mol. The predicted octanol–water partition coefficient (Wildman–Crippen LogP) is 3.42. The first kappa shape index (κ1) is 20.7. The molecule has 2 aromatic carbocycles. The first-order chi connectivity index (χ1) is 16.3. The Balaban J connectivity index is 1.25. The van der Waals surface area contributed by atoms with E-state index in [-0.39, 0.29) is 5.92 Å². The first-order valence-corrected chi connectivity index (χ1v) is 12.3. The SMILES string of the molecule is O[C@H](c1nc2ccccc2s1)[C@H]1CCCN(c2nnnc3cc(N4CCOCC4)ccc23)C1. The fourth-order valence-corrected chi connectivity index (χ4v) is 5.94. The molecule has 2 atom stereocenters. The maximum Gasteiger partial charge on any atom is 0.162 e. The van der Waals surface area contributed by atoms with Crippen molar-refractivity contribution < 1.29 is 9.84 Å². The molecule has 2 aliphatic heterocycles. The molecule has 6 rings (SSSR count). The van der Waals surface area contributed by atoms with Crippen LogP contribution in [0.1, 0.15) is 24.0 Å². The summed E-state index contributed by atoms with van der Waals surface area (Å²) in [6, 6.07) is 14.4. The van der Waals surface area contributed by atoms with Gasteiger partial charge in [0.2, 0.25) is 0 Å². The van der Waals surface area contributed by atoms with Gasteiger partial charge in [-0.1, -0.05) is 12.1 Å². The number of benzene rings is 2. The maximum absolute atomic E-state index is 11.2. The number of aliphatic hydroxyl groups excluding tert-OH is 1. The van der Waals surface area contributed by atoms with Crippen LogP contribution in [0.15, 0.2) is 42.5 Å². The Bertz CT molecular complexity index is 1240. The molecule has 0 saturated carbocycles. The van der Waals surface area contributed by atoms with Crippen molar-refractivity contribution >= 4 is 44.0 Å². The molecule has 4 aromatic rings. The molecule has 4 heterocycles. The van der Waals surface area contributed by atoms with E-state index in [1.807, 2.05) is 18.2 Å². The van der Waals surface area contributed by atoms with Gasteiger partial charge in [0.05, 0.1) is 23.4 Å². The Kier molecular flexibility index (Phi) is 5.53. The number of fused-ring (bicyclic) bond motifs is 2. The molecule has 2 aliphatic rings. The summed E-state index contributed by atoms with van der Waals surface area (Å²) in [5.74, 6) is 0.937. The van der Waals surface area contributed by atoms with Gasteiger partial charge in [0.25, 0.3) is 0 Å². The van der Waals surface area contributed by atoms with Gasteiger partial charge in [0.15, 0.2) is 5.82 Å². The van der Waals surface area contributed by atoms with Crippen LogP contribution in [0.3, 0.4) is 0 Å². The van der Waals surface area contributed by atoms with Gasteiger partial charge in [0.1, 0.15) is 16.6 Å². The van der Waals surface area contributed by atoms with E-state index >= 15 is 0 Å². The Labute approximate surface area is 195 Å². The van der Waals surface area contributed by atoms with Crippen LogP contribution < -0.4 is 9.80 Å². The quantitative estimate of drug-likeness (QED) is 0.494. The molecule has 8 nitrogen and oxygen atoms in total. The third-order valence-electron chi connectivity index (χ3n) is 6.66. The number of anilines is 2. The lowest BCUT2D eigenvalue weighted by Crippen LogP contribution is -2.38. The molecule has 0 unspecified atom stereocenters. The van der Waals surface area contributed by atoms with Crippen LogP contribution in [-0.4, -0.2) is 64.9 Å². The van der Waals surface area contributed by atoms with Crippen LogP contribution in [0.2, 0.25) is 0 Å². The largest absolute Gasteiger partial charge is 0.386 e. The Morgan fingerprint density at radius 1 is 1.00 bits per heavy atom. The molecule has 170 valence electrons. The van der Waals surface area contributed by atoms with Crippen LogP contribution >= 0.6 is 11.3 Å². The summed E-state index contributed by atoms with van der Waals surface area (Å²) in [7, 11) is 0. The molecule has 33 heavy (non-hydrogen) atoms. The summed E-state index contributed by atoms with van der Waals surface area (Å²) in [4.78, 5) is 9.25. The number of nitrogens with zero attached hydrogens (tertiary/aromatic N) is 6. The van der Waals surface area contributed by atoms with E-state index in [9.17, 15) is 5.11 Å². The number of hydrogen-bond acceptors (Lipinski definition) is 9. The van der Waals surface area contributed by atoms with Gasteiger partial charge in [0, 0.05) is 43.2 Å². The lowest BCUT2D eigenvalue weighted by Gasteiger charge is -2.35. The van der Waals surface area contributed by atoms with Gasteiger partial charge in [-0.3, -0.25) is 0 Å². The summed E-state index contributed by atoms with van der Waals surface area (Å²) in [5, 5.41) is 25.8. The molecule has 0 bridgehead atoms. The van der Waals surface area contributed by atoms with Gasteiger partial charge in [-0.05, 0) is 48.4 Å². The lowest BCUT2D eigenvalue weighted by molar-refractivity contribution is 0.0979. The second-order valence-electron chi connectivity index (χ2n) is 8.73. The van der Waals surface area contributed by atoms with E-state index in [1.54, 1.807) is 11.3 Å². The molecule has 2 saturated heterocycles. The topological polar surface area (TPSA) is 87.5 Å². The summed E-state index contributed by atoms with van der Waals surface area (Å²) >= 11 is 1.58. The number of hydrogen-bond donors (Lipinski definition) is 1. The van der Waals surface area contributed by atoms with Gasteiger partial charge < -0.3 is 19.6 Å². The molecule has 0 aliphatic carbocycles. The summed E-state index contributed by atoms with van der Waals surface area (Å²) < 4.78 is 6.59. The van der Waals surface area contributed by atoms with Crippen molar-refractivity contribution in [2.24, 2.45) is 5.92 Å². The van der Waals surface area contributed by atoms with Crippen molar-refractivity contribution in [1.29, 1.82) is 0 Å².